The Bertz CT molecular complexity index is 1450. The highest BCUT2D eigenvalue weighted by Gasteiger charge is 2.22. The zero-order valence-electron chi connectivity index (χ0n) is 22.0. The van der Waals surface area contributed by atoms with E-state index in [0.717, 1.165) is 43.3 Å². The van der Waals surface area contributed by atoms with E-state index in [-0.39, 0.29) is 0 Å². The molecule has 3 aromatic carbocycles. The van der Waals surface area contributed by atoms with Crippen molar-refractivity contribution in [3.8, 4) is 17.1 Å². The van der Waals surface area contributed by atoms with Crippen LogP contribution >= 0.6 is 23.8 Å². The van der Waals surface area contributed by atoms with Crippen molar-refractivity contribution in [3.63, 3.8) is 0 Å². The van der Waals surface area contributed by atoms with Crippen molar-refractivity contribution in [2.24, 2.45) is 0 Å². The predicted octanol–water partition coefficient (Wildman–Crippen LogP) is 7.24. The van der Waals surface area contributed by atoms with Crippen molar-refractivity contribution in [2.75, 3.05) is 31.1 Å². The zero-order chi connectivity index (χ0) is 26.1. The molecule has 37 heavy (non-hydrogen) atoms. The summed E-state index contributed by atoms with van der Waals surface area (Å²) in [4.78, 5) is 4.93. The first-order valence-electron chi connectivity index (χ1n) is 12.9. The van der Waals surface area contributed by atoms with Crippen LogP contribution < -0.4 is 4.90 Å². The Labute approximate surface area is 229 Å². The third-order valence-electron chi connectivity index (χ3n) is 7.36. The van der Waals surface area contributed by atoms with Crippen molar-refractivity contribution in [1.82, 2.24) is 19.2 Å². The molecule has 192 valence electrons. The minimum atomic E-state index is 0.359. The monoisotopic (exact) mass is 531 g/mol. The van der Waals surface area contributed by atoms with Gasteiger partial charge in [-0.1, -0.05) is 55.8 Å². The van der Waals surface area contributed by atoms with Gasteiger partial charge in [-0.05, 0) is 85.1 Å². The molecule has 0 spiro atoms. The molecule has 0 saturated carbocycles. The Morgan fingerprint density at radius 1 is 0.865 bits per heavy atom. The van der Waals surface area contributed by atoms with Crippen LogP contribution in [0.2, 0.25) is 5.02 Å². The fourth-order valence-corrected chi connectivity index (χ4v) is 5.49. The fraction of sp³-hybridized carbons (Fsp3) is 0.333. The van der Waals surface area contributed by atoms with Crippen LogP contribution in [0, 0.1) is 18.6 Å². The Morgan fingerprint density at radius 3 is 2.24 bits per heavy atom. The second-order valence-corrected chi connectivity index (χ2v) is 10.9. The molecule has 1 fully saturated rings. The maximum atomic E-state index is 6.20. The molecule has 0 bridgehead atoms. The van der Waals surface area contributed by atoms with E-state index >= 15 is 0 Å². The van der Waals surface area contributed by atoms with E-state index in [1.807, 2.05) is 28.9 Å². The predicted molar refractivity (Wildman–Crippen MR) is 157 cm³/mol. The molecule has 4 aromatic rings. The summed E-state index contributed by atoms with van der Waals surface area (Å²) in [5.41, 5.74) is 7.37. The first-order chi connectivity index (χ1) is 17.8. The normalized spacial score (nSPS) is 14.5. The summed E-state index contributed by atoms with van der Waals surface area (Å²) in [5.74, 6) is 1.20. The molecule has 0 amide bonds. The number of para-hydroxylation sites is 1. The number of aromatic nitrogens is 3. The van der Waals surface area contributed by atoms with Crippen molar-refractivity contribution in [3.05, 3.63) is 93.2 Å². The van der Waals surface area contributed by atoms with Crippen LogP contribution in [0.5, 0.6) is 0 Å². The largest absolute Gasteiger partial charge is 0.369 e. The molecule has 0 radical (unpaired) electrons. The molecular weight excluding hydrogens is 498 g/mol. The molecule has 2 heterocycles. The summed E-state index contributed by atoms with van der Waals surface area (Å²) in [6.07, 6.45) is 0. The molecule has 1 saturated heterocycles. The number of rotatable bonds is 6. The van der Waals surface area contributed by atoms with Gasteiger partial charge in [0.15, 0.2) is 5.82 Å². The number of aryl methyl sites for hydroxylation is 1. The lowest BCUT2D eigenvalue weighted by atomic mass is 10.0. The van der Waals surface area contributed by atoms with Crippen LogP contribution in [0.25, 0.3) is 17.1 Å². The molecule has 7 heteroatoms. The average molecular weight is 532 g/mol. The Balaban J connectivity index is 1.46. The summed E-state index contributed by atoms with van der Waals surface area (Å²) in [6.45, 7) is 13.4. The molecule has 0 aliphatic carbocycles. The molecule has 5 rings (SSSR count). The highest BCUT2D eigenvalue weighted by atomic mass is 35.5. The Hall–Kier alpha value is -2.93. The summed E-state index contributed by atoms with van der Waals surface area (Å²) >= 11 is 12.3. The summed E-state index contributed by atoms with van der Waals surface area (Å²) in [6, 6.07) is 22.9. The average Bonchev–Trinajstić information content (AvgIpc) is 3.22. The highest BCUT2D eigenvalue weighted by Crippen LogP contribution is 2.30. The topological polar surface area (TPSA) is 29.2 Å². The number of anilines is 1. The lowest BCUT2D eigenvalue weighted by Gasteiger charge is -2.36. The van der Waals surface area contributed by atoms with Crippen LogP contribution in [-0.2, 0) is 6.67 Å². The van der Waals surface area contributed by atoms with E-state index in [9.17, 15) is 0 Å². The van der Waals surface area contributed by atoms with Crippen LogP contribution in [0.4, 0.5) is 5.69 Å². The van der Waals surface area contributed by atoms with E-state index in [2.05, 4.69) is 84.5 Å². The van der Waals surface area contributed by atoms with Gasteiger partial charge in [-0.25, -0.2) is 4.68 Å². The first kappa shape index (κ1) is 25.7. The van der Waals surface area contributed by atoms with E-state index in [4.69, 9.17) is 28.9 Å². The van der Waals surface area contributed by atoms with E-state index < -0.39 is 0 Å². The van der Waals surface area contributed by atoms with Gasteiger partial charge in [0.25, 0.3) is 0 Å². The summed E-state index contributed by atoms with van der Waals surface area (Å²) in [5, 5.41) is 5.77. The zero-order valence-corrected chi connectivity index (χ0v) is 23.6. The maximum Gasteiger partial charge on any atom is 0.204 e. The third-order valence-corrected chi connectivity index (χ3v) is 8.01. The third kappa shape index (κ3) is 5.24. The van der Waals surface area contributed by atoms with Crippen LogP contribution in [0.1, 0.15) is 36.5 Å². The number of halogens is 1. The molecule has 1 aliphatic rings. The SMILES string of the molecule is Cc1cccc(N2CCN(Cn3nc(-c4ccc(Cl)cc4)n(-c4ccccc4C(C)C)c3=S)CC2)c1C. The van der Waals surface area contributed by atoms with Crippen LogP contribution in [0.3, 0.4) is 0 Å². The summed E-state index contributed by atoms with van der Waals surface area (Å²) < 4.78 is 4.81. The van der Waals surface area contributed by atoms with Crippen LogP contribution in [0.15, 0.2) is 66.7 Å². The second-order valence-electron chi connectivity index (χ2n) is 10.1. The molecule has 0 atom stereocenters. The van der Waals surface area contributed by atoms with Gasteiger partial charge in [0, 0.05) is 42.5 Å². The van der Waals surface area contributed by atoms with Gasteiger partial charge in [-0.3, -0.25) is 9.47 Å². The lowest BCUT2D eigenvalue weighted by molar-refractivity contribution is 0.194. The first-order valence-corrected chi connectivity index (χ1v) is 13.7. The maximum absolute atomic E-state index is 6.20. The minimum absolute atomic E-state index is 0.359. The lowest BCUT2D eigenvalue weighted by Crippen LogP contribution is -2.47. The number of benzene rings is 3. The second kappa shape index (κ2) is 10.8. The smallest absolute Gasteiger partial charge is 0.204 e. The molecule has 0 unspecified atom stereocenters. The van der Waals surface area contributed by atoms with Crippen molar-refractivity contribution >= 4 is 29.5 Å². The minimum Gasteiger partial charge on any atom is -0.369 e. The Morgan fingerprint density at radius 2 is 1.54 bits per heavy atom. The van der Waals surface area contributed by atoms with Gasteiger partial charge in [0.05, 0.1) is 12.4 Å². The van der Waals surface area contributed by atoms with Gasteiger partial charge in [0.2, 0.25) is 4.77 Å². The fourth-order valence-electron chi connectivity index (χ4n) is 5.08. The number of nitrogens with zero attached hydrogens (tertiary/aromatic N) is 5. The molecular formula is C30H34ClN5S. The Kier molecular flexibility index (Phi) is 7.52. The summed E-state index contributed by atoms with van der Waals surface area (Å²) in [7, 11) is 0. The van der Waals surface area contributed by atoms with Crippen molar-refractivity contribution in [2.45, 2.75) is 40.3 Å². The number of hydrogen-bond acceptors (Lipinski definition) is 4. The molecule has 1 aromatic heterocycles. The van der Waals surface area contributed by atoms with E-state index in [0.29, 0.717) is 22.4 Å². The van der Waals surface area contributed by atoms with Gasteiger partial charge >= 0.3 is 0 Å². The standard InChI is InChI=1S/C30H34ClN5S/c1-21(2)26-9-5-6-10-28(26)36-29(24-12-14-25(31)15-13-24)32-35(30(36)37)20-33-16-18-34(19-17-33)27-11-7-8-22(3)23(27)4/h5-15,21H,16-20H2,1-4H3. The van der Waals surface area contributed by atoms with Gasteiger partial charge < -0.3 is 4.90 Å². The van der Waals surface area contributed by atoms with Crippen LogP contribution in [-0.4, -0.2) is 45.4 Å². The number of hydrogen-bond donors (Lipinski definition) is 0. The van der Waals surface area contributed by atoms with Gasteiger partial charge in [-0.2, -0.15) is 0 Å². The number of piperazine rings is 1. The van der Waals surface area contributed by atoms with Crippen molar-refractivity contribution in [1.29, 1.82) is 0 Å². The van der Waals surface area contributed by atoms with Gasteiger partial charge in [0.1, 0.15) is 0 Å². The highest BCUT2D eigenvalue weighted by molar-refractivity contribution is 7.71. The van der Waals surface area contributed by atoms with Crippen molar-refractivity contribution < 1.29 is 0 Å². The van der Waals surface area contributed by atoms with E-state index in [1.165, 1.54) is 22.4 Å². The molecule has 5 nitrogen and oxygen atoms in total. The molecule has 1 aliphatic heterocycles. The van der Waals surface area contributed by atoms with Gasteiger partial charge in [-0.15, -0.1) is 5.10 Å². The quantitative estimate of drug-likeness (QED) is 0.245. The van der Waals surface area contributed by atoms with E-state index in [1.54, 1.807) is 0 Å². The molecule has 0 N–H and O–H groups in total.